The molecule has 0 bridgehead atoms. The van der Waals surface area contributed by atoms with E-state index in [2.05, 4.69) is 5.32 Å². The first-order valence-corrected chi connectivity index (χ1v) is 3.61. The van der Waals surface area contributed by atoms with E-state index in [0.717, 1.165) is 0 Å². The fraction of sp³-hybridized carbons (Fsp3) is 0.833. The molecule has 0 aromatic heterocycles. The van der Waals surface area contributed by atoms with Gasteiger partial charge in [-0.15, -0.1) is 0 Å². The van der Waals surface area contributed by atoms with Crippen molar-refractivity contribution < 1.29 is 15.0 Å². The number of nitrogens with zero attached hydrogens (tertiary/aromatic N) is 1. The van der Waals surface area contributed by atoms with Crippen LogP contribution in [0.4, 0.5) is 4.79 Å². The van der Waals surface area contributed by atoms with Crippen molar-refractivity contribution >= 4 is 6.09 Å². The van der Waals surface area contributed by atoms with Gasteiger partial charge < -0.3 is 15.5 Å². The van der Waals surface area contributed by atoms with Gasteiger partial charge in [0.15, 0.2) is 0 Å². The summed E-state index contributed by atoms with van der Waals surface area (Å²) in [6.45, 7) is 0.922. The summed E-state index contributed by atoms with van der Waals surface area (Å²) in [6, 6.07) is -0.0198. The number of aliphatic hydroxyl groups is 1. The summed E-state index contributed by atoms with van der Waals surface area (Å²) in [6.07, 6.45) is -1.46. The number of fused-ring (bicyclic) bond motifs is 1. The maximum absolute atomic E-state index is 10.5. The van der Waals surface area contributed by atoms with Gasteiger partial charge in [0.25, 0.3) is 0 Å². The van der Waals surface area contributed by atoms with E-state index in [9.17, 15) is 9.90 Å². The number of aliphatic hydroxyl groups excluding tert-OH is 1. The van der Waals surface area contributed by atoms with Crippen molar-refractivity contribution in [2.75, 3.05) is 13.1 Å². The van der Waals surface area contributed by atoms with Gasteiger partial charge in [-0.3, -0.25) is 4.90 Å². The number of hydrogen-bond donors (Lipinski definition) is 3. The SMILES string of the molecule is O=C(O)N1CC(O)C2NCC21. The van der Waals surface area contributed by atoms with Gasteiger partial charge in [-0.2, -0.15) is 0 Å². The lowest BCUT2D eigenvalue weighted by Crippen LogP contribution is -2.62. The zero-order chi connectivity index (χ0) is 8.01. The summed E-state index contributed by atoms with van der Waals surface area (Å²) in [5.74, 6) is 0. The van der Waals surface area contributed by atoms with E-state index < -0.39 is 12.2 Å². The molecule has 2 aliphatic rings. The average Bonchev–Trinajstić information content (AvgIpc) is 2.02. The predicted molar refractivity (Wildman–Crippen MR) is 36.3 cm³/mol. The summed E-state index contributed by atoms with van der Waals surface area (Å²) >= 11 is 0. The molecule has 0 spiro atoms. The molecule has 5 heteroatoms. The Kier molecular flexibility index (Phi) is 1.30. The minimum absolute atomic E-state index is 0.00231. The minimum Gasteiger partial charge on any atom is -0.465 e. The van der Waals surface area contributed by atoms with E-state index in [-0.39, 0.29) is 18.6 Å². The van der Waals surface area contributed by atoms with Gasteiger partial charge in [-0.1, -0.05) is 0 Å². The molecule has 0 radical (unpaired) electrons. The summed E-state index contributed by atoms with van der Waals surface area (Å²) in [5.41, 5.74) is 0. The fourth-order valence-corrected chi connectivity index (χ4v) is 1.73. The number of hydrogen-bond acceptors (Lipinski definition) is 3. The molecular weight excluding hydrogens is 148 g/mol. The molecule has 1 amide bonds. The normalized spacial score (nSPS) is 41.5. The fourth-order valence-electron chi connectivity index (χ4n) is 1.73. The van der Waals surface area contributed by atoms with Crippen molar-refractivity contribution in [3.63, 3.8) is 0 Å². The monoisotopic (exact) mass is 158 g/mol. The van der Waals surface area contributed by atoms with Gasteiger partial charge in [0.2, 0.25) is 0 Å². The van der Waals surface area contributed by atoms with Crippen LogP contribution in [-0.4, -0.2) is 52.5 Å². The van der Waals surface area contributed by atoms with E-state index in [0.29, 0.717) is 6.54 Å². The lowest BCUT2D eigenvalue weighted by atomic mass is 10.00. The average molecular weight is 158 g/mol. The zero-order valence-corrected chi connectivity index (χ0v) is 5.90. The van der Waals surface area contributed by atoms with Gasteiger partial charge in [-0.25, -0.2) is 4.79 Å². The van der Waals surface area contributed by atoms with Crippen molar-refractivity contribution in [3.05, 3.63) is 0 Å². The number of nitrogens with one attached hydrogen (secondary N) is 1. The van der Waals surface area contributed by atoms with Crippen LogP contribution in [0.25, 0.3) is 0 Å². The Morgan fingerprint density at radius 1 is 1.64 bits per heavy atom. The molecule has 5 nitrogen and oxygen atoms in total. The number of rotatable bonds is 0. The maximum Gasteiger partial charge on any atom is 0.407 e. The van der Waals surface area contributed by atoms with E-state index in [1.807, 2.05) is 0 Å². The van der Waals surface area contributed by atoms with Gasteiger partial charge in [0.05, 0.1) is 24.7 Å². The van der Waals surface area contributed by atoms with Crippen LogP contribution in [0.2, 0.25) is 0 Å². The molecule has 3 unspecified atom stereocenters. The Morgan fingerprint density at radius 3 is 2.64 bits per heavy atom. The van der Waals surface area contributed by atoms with Crippen molar-refractivity contribution in [2.24, 2.45) is 0 Å². The summed E-state index contributed by atoms with van der Waals surface area (Å²) in [7, 11) is 0. The largest absolute Gasteiger partial charge is 0.465 e. The first-order chi connectivity index (χ1) is 5.20. The van der Waals surface area contributed by atoms with Gasteiger partial charge >= 0.3 is 6.09 Å². The molecule has 0 aromatic rings. The van der Waals surface area contributed by atoms with Crippen LogP contribution < -0.4 is 5.32 Å². The number of carboxylic acid groups (broad SMARTS) is 1. The minimum atomic E-state index is -0.932. The van der Waals surface area contributed by atoms with E-state index >= 15 is 0 Å². The molecule has 2 saturated heterocycles. The Morgan fingerprint density at radius 2 is 2.36 bits per heavy atom. The number of carbonyl (C=O) groups is 1. The highest BCUT2D eigenvalue weighted by molar-refractivity contribution is 5.66. The van der Waals surface area contributed by atoms with Crippen LogP contribution in [0.5, 0.6) is 0 Å². The molecule has 2 aliphatic heterocycles. The van der Waals surface area contributed by atoms with Crippen molar-refractivity contribution in [2.45, 2.75) is 18.2 Å². The number of amides is 1. The molecule has 3 atom stereocenters. The van der Waals surface area contributed by atoms with Crippen molar-refractivity contribution in [3.8, 4) is 0 Å². The first-order valence-electron chi connectivity index (χ1n) is 3.61. The Labute approximate surface area is 63.6 Å². The molecule has 2 heterocycles. The summed E-state index contributed by atoms with van der Waals surface area (Å²) in [5, 5.41) is 20.9. The predicted octanol–water partition coefficient (Wildman–Crippen LogP) is -1.32. The standard InChI is InChI=1S/C6H10N2O3/c9-4-2-8(6(10)11)3-1-7-5(3)4/h3-5,7,9H,1-2H2,(H,10,11). The van der Waals surface area contributed by atoms with Crippen molar-refractivity contribution in [1.82, 2.24) is 10.2 Å². The molecule has 2 fully saturated rings. The maximum atomic E-state index is 10.5. The third-order valence-electron chi connectivity index (χ3n) is 2.42. The highest BCUT2D eigenvalue weighted by Crippen LogP contribution is 2.24. The van der Waals surface area contributed by atoms with E-state index in [1.165, 1.54) is 4.90 Å². The Balaban J connectivity index is 2.10. The second-order valence-electron chi connectivity index (χ2n) is 3.00. The second-order valence-corrected chi connectivity index (χ2v) is 3.00. The molecular formula is C6H10N2O3. The number of likely N-dealkylation sites (tertiary alicyclic amines) is 1. The third kappa shape index (κ3) is 0.812. The highest BCUT2D eigenvalue weighted by atomic mass is 16.4. The highest BCUT2D eigenvalue weighted by Gasteiger charge is 2.48. The number of β-amino-alcohol motifs (C(OH)–C–C–N with tert-alkyl or cyclic N) is 1. The van der Waals surface area contributed by atoms with Crippen LogP contribution >= 0.6 is 0 Å². The molecule has 0 saturated carbocycles. The van der Waals surface area contributed by atoms with Crippen LogP contribution in [0.1, 0.15) is 0 Å². The Hall–Kier alpha value is -0.810. The topological polar surface area (TPSA) is 72.8 Å². The quantitative estimate of drug-likeness (QED) is 0.409. The first kappa shape index (κ1) is 6.87. The zero-order valence-electron chi connectivity index (χ0n) is 5.90. The van der Waals surface area contributed by atoms with Crippen molar-refractivity contribution in [1.29, 1.82) is 0 Å². The van der Waals surface area contributed by atoms with Gasteiger partial charge in [-0.05, 0) is 0 Å². The molecule has 62 valence electrons. The summed E-state index contributed by atoms with van der Waals surface area (Å²) in [4.78, 5) is 11.8. The van der Waals surface area contributed by atoms with Crippen LogP contribution in [-0.2, 0) is 0 Å². The van der Waals surface area contributed by atoms with Crippen LogP contribution in [0, 0.1) is 0 Å². The van der Waals surface area contributed by atoms with Gasteiger partial charge in [0, 0.05) is 6.54 Å². The lowest BCUT2D eigenvalue weighted by molar-refractivity contribution is 0.116. The van der Waals surface area contributed by atoms with Crippen LogP contribution in [0.3, 0.4) is 0 Å². The van der Waals surface area contributed by atoms with E-state index in [1.54, 1.807) is 0 Å². The molecule has 0 aliphatic carbocycles. The second kappa shape index (κ2) is 2.09. The third-order valence-corrected chi connectivity index (χ3v) is 2.42. The molecule has 0 aromatic carbocycles. The van der Waals surface area contributed by atoms with Crippen LogP contribution in [0.15, 0.2) is 0 Å². The molecule has 11 heavy (non-hydrogen) atoms. The van der Waals surface area contributed by atoms with E-state index in [4.69, 9.17) is 5.11 Å². The smallest absolute Gasteiger partial charge is 0.407 e. The summed E-state index contributed by atoms with van der Waals surface area (Å²) < 4.78 is 0. The molecule has 3 N–H and O–H groups in total. The Bertz CT molecular complexity index is 196. The lowest BCUT2D eigenvalue weighted by Gasteiger charge is -2.36. The molecule has 2 rings (SSSR count). The van der Waals surface area contributed by atoms with Gasteiger partial charge in [0.1, 0.15) is 0 Å².